The third-order valence-corrected chi connectivity index (χ3v) is 5.23. The summed E-state index contributed by atoms with van der Waals surface area (Å²) in [6.07, 6.45) is -3.69. The van der Waals surface area contributed by atoms with Crippen molar-refractivity contribution in [3.63, 3.8) is 0 Å². The molecule has 3 rings (SSSR count). The quantitative estimate of drug-likeness (QED) is 0.723. The maximum absolute atomic E-state index is 12.7. The monoisotopic (exact) mass is 391 g/mol. The molecule has 3 atom stereocenters. The molecule has 0 radical (unpaired) electrons. The van der Waals surface area contributed by atoms with E-state index in [1.807, 2.05) is 38.1 Å². The second kappa shape index (κ2) is 7.86. The van der Waals surface area contributed by atoms with Crippen molar-refractivity contribution in [3.8, 4) is 5.75 Å². The first-order valence-corrected chi connectivity index (χ1v) is 9.32. The number of alkyl halides is 3. The summed E-state index contributed by atoms with van der Waals surface area (Å²) in [6.45, 7) is 4.07. The molecular weight excluding hydrogens is 367 g/mol. The van der Waals surface area contributed by atoms with E-state index >= 15 is 0 Å². The lowest BCUT2D eigenvalue weighted by atomic mass is 9.95. The molecule has 1 saturated carbocycles. The van der Waals surface area contributed by atoms with Crippen LogP contribution in [0.3, 0.4) is 0 Å². The summed E-state index contributed by atoms with van der Waals surface area (Å²) in [5, 5.41) is 3.11. The summed E-state index contributed by atoms with van der Waals surface area (Å²) in [7, 11) is 1.60. The third-order valence-electron chi connectivity index (χ3n) is 5.23. The Kier molecular flexibility index (Phi) is 5.68. The average Bonchev–Trinajstić information content (AvgIpc) is 3.46. The van der Waals surface area contributed by atoms with Gasteiger partial charge in [-0.05, 0) is 53.6 Å². The van der Waals surface area contributed by atoms with Crippen molar-refractivity contribution in [1.29, 1.82) is 0 Å². The van der Waals surface area contributed by atoms with Crippen molar-refractivity contribution in [2.45, 2.75) is 38.4 Å². The largest absolute Gasteiger partial charge is 0.497 e. The maximum Gasteiger partial charge on any atom is 0.416 e. The van der Waals surface area contributed by atoms with E-state index in [9.17, 15) is 18.0 Å². The van der Waals surface area contributed by atoms with Gasteiger partial charge in [-0.1, -0.05) is 38.1 Å². The number of methoxy groups -OCH3 is 1. The Hall–Kier alpha value is -2.50. The lowest BCUT2D eigenvalue weighted by molar-refractivity contribution is -0.137. The van der Waals surface area contributed by atoms with Crippen LogP contribution in [0, 0.1) is 11.8 Å². The molecule has 6 heteroatoms. The van der Waals surface area contributed by atoms with Crippen molar-refractivity contribution in [3.05, 3.63) is 65.2 Å². The standard InChI is InChI=1S/C22H24F3NO2/c1-13(2)20(15-6-10-17(28-3)11-7-15)26-21(27)19-12-18(19)14-4-8-16(9-5-14)22(23,24)25/h4-11,13,18-20H,12H2,1-3H3,(H,26,27). The number of ether oxygens (including phenoxy) is 1. The Bertz CT molecular complexity index is 813. The highest BCUT2D eigenvalue weighted by Gasteiger charge is 2.45. The third kappa shape index (κ3) is 4.49. The van der Waals surface area contributed by atoms with Crippen LogP contribution < -0.4 is 10.1 Å². The van der Waals surface area contributed by atoms with Gasteiger partial charge in [0.05, 0.1) is 18.7 Å². The Morgan fingerprint density at radius 2 is 1.68 bits per heavy atom. The predicted molar refractivity (Wildman–Crippen MR) is 101 cm³/mol. The molecule has 1 amide bonds. The zero-order valence-corrected chi connectivity index (χ0v) is 16.1. The summed E-state index contributed by atoms with van der Waals surface area (Å²) in [5.41, 5.74) is 1.10. The van der Waals surface area contributed by atoms with Gasteiger partial charge in [0.15, 0.2) is 0 Å². The number of hydrogen-bond acceptors (Lipinski definition) is 2. The first kappa shape index (κ1) is 20.2. The number of carbonyl (C=O) groups excluding carboxylic acids is 1. The minimum atomic E-state index is -4.35. The van der Waals surface area contributed by atoms with E-state index in [0.717, 1.165) is 29.0 Å². The van der Waals surface area contributed by atoms with E-state index in [1.165, 1.54) is 12.1 Å². The van der Waals surface area contributed by atoms with Crippen LogP contribution in [0.2, 0.25) is 0 Å². The summed E-state index contributed by atoms with van der Waals surface area (Å²) < 4.78 is 43.3. The van der Waals surface area contributed by atoms with Gasteiger partial charge in [-0.25, -0.2) is 0 Å². The topological polar surface area (TPSA) is 38.3 Å². The first-order chi connectivity index (χ1) is 13.2. The van der Waals surface area contributed by atoms with E-state index in [4.69, 9.17) is 4.74 Å². The average molecular weight is 391 g/mol. The number of carbonyl (C=O) groups is 1. The number of nitrogens with one attached hydrogen (secondary N) is 1. The van der Waals surface area contributed by atoms with E-state index < -0.39 is 11.7 Å². The molecule has 0 heterocycles. The zero-order chi connectivity index (χ0) is 20.5. The second-order valence-corrected chi connectivity index (χ2v) is 7.57. The van der Waals surface area contributed by atoms with Crippen molar-refractivity contribution in [2.24, 2.45) is 11.8 Å². The summed E-state index contributed by atoms with van der Waals surface area (Å²) in [5.74, 6) is 0.671. The van der Waals surface area contributed by atoms with Crippen molar-refractivity contribution < 1.29 is 22.7 Å². The highest BCUT2D eigenvalue weighted by atomic mass is 19.4. The second-order valence-electron chi connectivity index (χ2n) is 7.57. The van der Waals surface area contributed by atoms with E-state index in [-0.39, 0.29) is 29.7 Å². The molecule has 0 saturated heterocycles. The Labute approximate surface area is 162 Å². The predicted octanol–water partition coefficient (Wildman–Crippen LogP) is 5.33. The van der Waals surface area contributed by atoms with Crippen LogP contribution in [0.25, 0.3) is 0 Å². The van der Waals surface area contributed by atoms with Crippen LogP contribution in [-0.2, 0) is 11.0 Å². The minimum absolute atomic E-state index is 0.0223. The fourth-order valence-electron chi connectivity index (χ4n) is 3.48. The van der Waals surface area contributed by atoms with Gasteiger partial charge in [-0.2, -0.15) is 13.2 Å². The van der Waals surface area contributed by atoms with Gasteiger partial charge >= 0.3 is 6.18 Å². The highest BCUT2D eigenvalue weighted by Crippen LogP contribution is 2.48. The van der Waals surface area contributed by atoms with Crippen LogP contribution in [0.15, 0.2) is 48.5 Å². The molecule has 0 bridgehead atoms. The highest BCUT2D eigenvalue weighted by molar-refractivity contribution is 5.83. The first-order valence-electron chi connectivity index (χ1n) is 9.32. The van der Waals surface area contributed by atoms with Crippen LogP contribution in [0.5, 0.6) is 5.75 Å². The maximum atomic E-state index is 12.7. The van der Waals surface area contributed by atoms with E-state index in [0.29, 0.717) is 6.42 Å². The zero-order valence-electron chi connectivity index (χ0n) is 16.1. The van der Waals surface area contributed by atoms with Crippen molar-refractivity contribution in [1.82, 2.24) is 5.32 Å². The summed E-state index contributed by atoms with van der Waals surface area (Å²) in [4.78, 5) is 12.7. The number of hydrogen-bond donors (Lipinski definition) is 1. The van der Waals surface area contributed by atoms with Crippen LogP contribution in [-0.4, -0.2) is 13.0 Å². The lowest BCUT2D eigenvalue weighted by Gasteiger charge is -2.23. The van der Waals surface area contributed by atoms with E-state index in [2.05, 4.69) is 5.32 Å². The van der Waals surface area contributed by atoms with Crippen molar-refractivity contribution in [2.75, 3.05) is 7.11 Å². The van der Waals surface area contributed by atoms with Crippen LogP contribution in [0.4, 0.5) is 13.2 Å². The SMILES string of the molecule is COc1ccc(C(NC(=O)C2CC2c2ccc(C(F)(F)F)cc2)C(C)C)cc1. The lowest BCUT2D eigenvalue weighted by Crippen LogP contribution is -2.33. The molecule has 1 aliphatic rings. The smallest absolute Gasteiger partial charge is 0.416 e. The van der Waals surface area contributed by atoms with Crippen LogP contribution in [0.1, 0.15) is 48.9 Å². The minimum Gasteiger partial charge on any atom is -0.497 e. The van der Waals surface area contributed by atoms with Gasteiger partial charge < -0.3 is 10.1 Å². The molecular formula is C22H24F3NO2. The molecule has 2 aromatic carbocycles. The van der Waals surface area contributed by atoms with Gasteiger partial charge in [0, 0.05) is 5.92 Å². The fourth-order valence-corrected chi connectivity index (χ4v) is 3.48. The molecule has 1 N–H and O–H groups in total. The summed E-state index contributed by atoms with van der Waals surface area (Å²) >= 11 is 0. The van der Waals surface area contributed by atoms with Gasteiger partial charge in [0.2, 0.25) is 5.91 Å². The molecule has 1 fully saturated rings. The van der Waals surface area contributed by atoms with Gasteiger partial charge in [-0.3, -0.25) is 4.79 Å². The Morgan fingerprint density at radius 1 is 1.07 bits per heavy atom. The van der Waals surface area contributed by atoms with Gasteiger partial charge in [-0.15, -0.1) is 0 Å². The molecule has 1 aliphatic carbocycles. The van der Waals surface area contributed by atoms with Gasteiger partial charge in [0.25, 0.3) is 0 Å². The number of benzene rings is 2. The number of amides is 1. The van der Waals surface area contributed by atoms with Gasteiger partial charge in [0.1, 0.15) is 5.75 Å². The molecule has 2 aromatic rings. The Balaban J connectivity index is 1.65. The van der Waals surface area contributed by atoms with E-state index in [1.54, 1.807) is 7.11 Å². The fraction of sp³-hybridized carbons (Fsp3) is 0.409. The summed E-state index contributed by atoms with van der Waals surface area (Å²) in [6, 6.07) is 12.6. The molecule has 28 heavy (non-hydrogen) atoms. The Morgan fingerprint density at radius 3 is 2.18 bits per heavy atom. The molecule has 0 aromatic heterocycles. The molecule has 150 valence electrons. The molecule has 3 nitrogen and oxygen atoms in total. The number of rotatable bonds is 6. The van der Waals surface area contributed by atoms with Crippen molar-refractivity contribution >= 4 is 5.91 Å². The molecule has 0 spiro atoms. The van der Waals surface area contributed by atoms with Crippen LogP contribution >= 0.6 is 0 Å². The number of halogens is 3. The normalized spacial score (nSPS) is 20.0. The molecule has 0 aliphatic heterocycles. The molecule has 3 unspecified atom stereocenters.